The van der Waals surface area contributed by atoms with E-state index < -0.39 is 0 Å². The molecule has 1 atom stereocenters. The molecule has 2 saturated heterocycles. The van der Waals surface area contributed by atoms with Crippen LogP contribution in [0.4, 0.5) is 0 Å². The standard InChI is InChI=1S/C19H30N4O3/c1-15-13-18(20-26-15)19(25)22-10-6-7-17(14-22)23(16(2)24)12-11-21-8-4-3-5-9-21/h13,17H,3-12,14H2,1-2H3. The van der Waals surface area contributed by atoms with Crippen LogP contribution < -0.4 is 0 Å². The van der Waals surface area contributed by atoms with Crippen LogP contribution in [0.15, 0.2) is 10.6 Å². The molecule has 0 radical (unpaired) electrons. The predicted octanol–water partition coefficient (Wildman–Crippen LogP) is 1.92. The van der Waals surface area contributed by atoms with E-state index in [0.717, 1.165) is 39.0 Å². The summed E-state index contributed by atoms with van der Waals surface area (Å²) in [6.45, 7) is 8.62. The second-order valence-corrected chi connectivity index (χ2v) is 7.48. The molecule has 0 bridgehead atoms. The van der Waals surface area contributed by atoms with E-state index in [0.29, 0.717) is 24.5 Å². The largest absolute Gasteiger partial charge is 0.361 e. The summed E-state index contributed by atoms with van der Waals surface area (Å²) in [6.07, 6.45) is 5.67. The molecule has 1 unspecified atom stereocenters. The molecule has 2 fully saturated rings. The maximum atomic E-state index is 12.6. The summed E-state index contributed by atoms with van der Waals surface area (Å²) in [6, 6.07) is 1.76. The molecule has 144 valence electrons. The Morgan fingerprint density at radius 2 is 2.00 bits per heavy atom. The zero-order valence-electron chi connectivity index (χ0n) is 15.9. The zero-order valence-corrected chi connectivity index (χ0v) is 15.9. The van der Waals surface area contributed by atoms with Crippen LogP contribution in [-0.4, -0.2) is 77.0 Å². The van der Waals surface area contributed by atoms with E-state index in [4.69, 9.17) is 4.52 Å². The van der Waals surface area contributed by atoms with E-state index in [1.54, 1.807) is 19.9 Å². The topological polar surface area (TPSA) is 69.9 Å². The maximum absolute atomic E-state index is 12.6. The van der Waals surface area contributed by atoms with Gasteiger partial charge in [-0.05, 0) is 45.7 Å². The van der Waals surface area contributed by atoms with Crippen molar-refractivity contribution in [3.8, 4) is 0 Å². The van der Waals surface area contributed by atoms with Gasteiger partial charge in [-0.15, -0.1) is 0 Å². The van der Waals surface area contributed by atoms with Crippen LogP contribution in [0.3, 0.4) is 0 Å². The van der Waals surface area contributed by atoms with Gasteiger partial charge >= 0.3 is 0 Å². The highest BCUT2D eigenvalue weighted by Gasteiger charge is 2.31. The van der Waals surface area contributed by atoms with Crippen molar-refractivity contribution < 1.29 is 14.1 Å². The van der Waals surface area contributed by atoms with E-state index in [-0.39, 0.29) is 17.9 Å². The van der Waals surface area contributed by atoms with Gasteiger partial charge in [-0.3, -0.25) is 9.59 Å². The molecule has 0 N–H and O–H groups in total. The lowest BCUT2D eigenvalue weighted by atomic mass is 10.0. The molecule has 0 saturated carbocycles. The Balaban J connectivity index is 1.59. The molecule has 3 rings (SSSR count). The summed E-state index contributed by atoms with van der Waals surface area (Å²) in [5, 5.41) is 3.84. The minimum absolute atomic E-state index is 0.0861. The molecule has 7 heteroatoms. The van der Waals surface area contributed by atoms with Crippen LogP contribution in [0.2, 0.25) is 0 Å². The molecule has 3 heterocycles. The number of hydrogen-bond donors (Lipinski definition) is 0. The lowest BCUT2D eigenvalue weighted by molar-refractivity contribution is -0.132. The third-order valence-electron chi connectivity index (χ3n) is 5.48. The van der Waals surface area contributed by atoms with Crippen LogP contribution in [0.25, 0.3) is 0 Å². The highest BCUT2D eigenvalue weighted by molar-refractivity contribution is 5.92. The molecule has 2 aliphatic rings. The van der Waals surface area contributed by atoms with E-state index in [9.17, 15) is 9.59 Å². The number of nitrogens with zero attached hydrogens (tertiary/aromatic N) is 4. The Morgan fingerprint density at radius 1 is 1.23 bits per heavy atom. The van der Waals surface area contributed by atoms with Crippen LogP contribution in [0, 0.1) is 6.92 Å². The number of hydrogen-bond acceptors (Lipinski definition) is 5. The number of aromatic nitrogens is 1. The first kappa shape index (κ1) is 18.9. The number of aryl methyl sites for hydroxylation is 1. The fourth-order valence-electron chi connectivity index (χ4n) is 4.05. The van der Waals surface area contributed by atoms with Crippen molar-refractivity contribution in [2.24, 2.45) is 0 Å². The van der Waals surface area contributed by atoms with Crippen molar-refractivity contribution in [2.45, 2.75) is 52.0 Å². The van der Waals surface area contributed by atoms with Gasteiger partial charge in [0.25, 0.3) is 5.91 Å². The highest BCUT2D eigenvalue weighted by Crippen LogP contribution is 2.19. The number of piperidine rings is 2. The van der Waals surface area contributed by atoms with Crippen molar-refractivity contribution in [3.63, 3.8) is 0 Å². The van der Waals surface area contributed by atoms with Gasteiger partial charge in [-0.2, -0.15) is 0 Å². The summed E-state index contributed by atoms with van der Waals surface area (Å²) in [4.78, 5) is 31.1. The van der Waals surface area contributed by atoms with Crippen molar-refractivity contribution >= 4 is 11.8 Å². The average molecular weight is 362 g/mol. The average Bonchev–Trinajstić information content (AvgIpc) is 3.08. The lowest BCUT2D eigenvalue weighted by Gasteiger charge is -2.40. The number of amides is 2. The number of carbonyl (C=O) groups excluding carboxylic acids is 2. The van der Waals surface area contributed by atoms with Crippen LogP contribution in [0.1, 0.15) is 55.3 Å². The van der Waals surface area contributed by atoms with Crippen molar-refractivity contribution in [1.29, 1.82) is 0 Å². The predicted molar refractivity (Wildman–Crippen MR) is 97.8 cm³/mol. The van der Waals surface area contributed by atoms with E-state index in [1.807, 2.05) is 9.80 Å². The van der Waals surface area contributed by atoms with E-state index in [2.05, 4.69) is 10.1 Å². The smallest absolute Gasteiger partial charge is 0.276 e. The molecular formula is C19H30N4O3. The van der Waals surface area contributed by atoms with Crippen LogP contribution >= 0.6 is 0 Å². The third kappa shape index (κ3) is 4.63. The monoisotopic (exact) mass is 362 g/mol. The molecule has 0 aliphatic carbocycles. The number of carbonyl (C=O) groups is 2. The van der Waals surface area contributed by atoms with Gasteiger partial charge in [-0.1, -0.05) is 11.6 Å². The summed E-state index contributed by atoms with van der Waals surface area (Å²) in [5.41, 5.74) is 0.353. The summed E-state index contributed by atoms with van der Waals surface area (Å²) >= 11 is 0. The summed E-state index contributed by atoms with van der Waals surface area (Å²) in [7, 11) is 0. The normalized spacial score (nSPS) is 21.6. The van der Waals surface area contributed by atoms with Gasteiger partial charge in [0.2, 0.25) is 5.91 Å². The molecule has 26 heavy (non-hydrogen) atoms. The van der Waals surface area contributed by atoms with Gasteiger partial charge in [0.05, 0.1) is 0 Å². The van der Waals surface area contributed by atoms with Crippen LogP contribution in [0.5, 0.6) is 0 Å². The van der Waals surface area contributed by atoms with Crippen molar-refractivity contribution in [3.05, 3.63) is 17.5 Å². The van der Waals surface area contributed by atoms with Crippen LogP contribution in [-0.2, 0) is 4.79 Å². The van der Waals surface area contributed by atoms with Gasteiger partial charge < -0.3 is 19.2 Å². The molecule has 0 spiro atoms. The molecule has 1 aromatic heterocycles. The molecular weight excluding hydrogens is 332 g/mol. The Bertz CT molecular complexity index is 624. The lowest BCUT2D eigenvalue weighted by Crippen LogP contribution is -2.53. The Labute approximate surface area is 155 Å². The quantitative estimate of drug-likeness (QED) is 0.800. The van der Waals surface area contributed by atoms with Gasteiger partial charge in [0, 0.05) is 45.2 Å². The second kappa shape index (κ2) is 8.66. The Kier molecular flexibility index (Phi) is 6.29. The van der Waals surface area contributed by atoms with E-state index >= 15 is 0 Å². The molecule has 1 aromatic rings. The highest BCUT2D eigenvalue weighted by atomic mass is 16.5. The van der Waals surface area contributed by atoms with E-state index in [1.165, 1.54) is 19.3 Å². The molecule has 2 amide bonds. The number of rotatable bonds is 5. The first-order valence-electron chi connectivity index (χ1n) is 9.77. The minimum Gasteiger partial charge on any atom is -0.361 e. The SMILES string of the molecule is CC(=O)N(CCN1CCCCC1)C1CCCN(C(=O)c2cc(C)on2)C1. The van der Waals surface area contributed by atoms with Crippen molar-refractivity contribution in [1.82, 2.24) is 19.9 Å². The second-order valence-electron chi connectivity index (χ2n) is 7.48. The zero-order chi connectivity index (χ0) is 18.5. The van der Waals surface area contributed by atoms with Crippen molar-refractivity contribution in [2.75, 3.05) is 39.3 Å². The summed E-state index contributed by atoms with van der Waals surface area (Å²) < 4.78 is 5.03. The minimum atomic E-state index is -0.105. The first-order valence-corrected chi connectivity index (χ1v) is 9.77. The fourth-order valence-corrected chi connectivity index (χ4v) is 4.05. The Morgan fingerprint density at radius 3 is 2.65 bits per heavy atom. The molecule has 0 aromatic carbocycles. The first-order chi connectivity index (χ1) is 12.5. The summed E-state index contributed by atoms with van der Waals surface area (Å²) in [5.74, 6) is 0.624. The maximum Gasteiger partial charge on any atom is 0.276 e. The van der Waals surface area contributed by atoms with Gasteiger partial charge in [-0.25, -0.2) is 0 Å². The molecule has 2 aliphatic heterocycles. The van der Waals surface area contributed by atoms with Gasteiger partial charge in [0.1, 0.15) is 5.76 Å². The fraction of sp³-hybridized carbons (Fsp3) is 0.737. The number of likely N-dealkylation sites (tertiary alicyclic amines) is 2. The molecule has 7 nitrogen and oxygen atoms in total. The Hall–Kier alpha value is -1.89. The third-order valence-corrected chi connectivity index (χ3v) is 5.48. The van der Waals surface area contributed by atoms with Gasteiger partial charge in [0.15, 0.2) is 5.69 Å².